The third kappa shape index (κ3) is 5.30. The molecule has 7 nitrogen and oxygen atoms in total. The lowest BCUT2D eigenvalue weighted by Crippen LogP contribution is -2.15. The van der Waals surface area contributed by atoms with Gasteiger partial charge in [0.25, 0.3) is 0 Å². The Morgan fingerprint density at radius 3 is 2.47 bits per heavy atom. The summed E-state index contributed by atoms with van der Waals surface area (Å²) in [5.74, 6) is 1.98. The van der Waals surface area contributed by atoms with E-state index in [2.05, 4.69) is 57.7 Å². The molecular formula is C29H30N4O3. The molecule has 1 unspecified atom stereocenters. The molecule has 1 aliphatic carbocycles. The highest BCUT2D eigenvalue weighted by atomic mass is 16.5. The van der Waals surface area contributed by atoms with Gasteiger partial charge in [-0.3, -0.25) is 0 Å². The standard InChI is InChI=1S/C19H18N4.C10H12O3/c1-21-14-8-6-12(7-9-14)17-10-13-11-22-19(20)23-18(13)16-5-3-2-4-15(16)17;1-12-9-4-3-8(5-6-11)7-10(9)13-2/h2-9,11,17,21H,10H2,1H3,(H2,20,22,23);3-4,6-7H,5H2,1-2H3. The number of nitrogen functional groups attached to an aromatic ring is 1. The molecule has 0 radical (unpaired) electrons. The molecule has 0 bridgehead atoms. The number of nitrogens with zero attached hydrogens (tertiary/aromatic N) is 2. The van der Waals surface area contributed by atoms with Crippen molar-refractivity contribution in [3.05, 3.63) is 95.2 Å². The molecule has 1 atom stereocenters. The van der Waals surface area contributed by atoms with Crippen LogP contribution in [0.15, 0.2) is 72.9 Å². The van der Waals surface area contributed by atoms with Gasteiger partial charge >= 0.3 is 0 Å². The van der Waals surface area contributed by atoms with E-state index in [-0.39, 0.29) is 0 Å². The van der Waals surface area contributed by atoms with Gasteiger partial charge in [-0.05, 0) is 52.9 Å². The summed E-state index contributed by atoms with van der Waals surface area (Å²) in [4.78, 5) is 18.9. The van der Waals surface area contributed by atoms with Crippen LogP contribution in [0.5, 0.6) is 11.5 Å². The predicted octanol–water partition coefficient (Wildman–Crippen LogP) is 4.90. The zero-order valence-electron chi connectivity index (χ0n) is 20.7. The Bertz CT molecular complexity index is 1340. The van der Waals surface area contributed by atoms with Gasteiger partial charge in [-0.15, -0.1) is 0 Å². The number of ether oxygens (including phenoxy) is 2. The Morgan fingerprint density at radius 2 is 1.78 bits per heavy atom. The van der Waals surface area contributed by atoms with Gasteiger partial charge in [0.1, 0.15) is 6.29 Å². The Labute approximate surface area is 211 Å². The minimum absolute atomic E-state index is 0.317. The van der Waals surface area contributed by atoms with Crippen molar-refractivity contribution in [2.45, 2.75) is 18.8 Å². The molecule has 0 aliphatic heterocycles. The number of hydrogen-bond acceptors (Lipinski definition) is 7. The average molecular weight is 483 g/mol. The monoisotopic (exact) mass is 482 g/mol. The molecule has 1 aliphatic rings. The first-order valence-corrected chi connectivity index (χ1v) is 11.7. The largest absolute Gasteiger partial charge is 0.493 e. The molecule has 5 rings (SSSR count). The van der Waals surface area contributed by atoms with Crippen LogP contribution in [-0.4, -0.2) is 37.5 Å². The van der Waals surface area contributed by atoms with Gasteiger partial charge in [-0.2, -0.15) is 0 Å². The maximum Gasteiger partial charge on any atom is 0.220 e. The van der Waals surface area contributed by atoms with Crippen molar-refractivity contribution in [2.24, 2.45) is 0 Å². The van der Waals surface area contributed by atoms with Gasteiger partial charge in [-0.1, -0.05) is 42.5 Å². The van der Waals surface area contributed by atoms with Crippen molar-refractivity contribution in [3.63, 3.8) is 0 Å². The second-order valence-corrected chi connectivity index (χ2v) is 8.38. The van der Waals surface area contributed by atoms with E-state index in [9.17, 15) is 4.79 Å². The first kappa shape index (κ1) is 24.7. The molecule has 1 aromatic heterocycles. The van der Waals surface area contributed by atoms with Crippen molar-refractivity contribution in [3.8, 4) is 22.8 Å². The van der Waals surface area contributed by atoms with Gasteiger partial charge in [0.05, 0.1) is 19.9 Å². The summed E-state index contributed by atoms with van der Waals surface area (Å²) in [7, 11) is 5.09. The summed E-state index contributed by atoms with van der Waals surface area (Å²) in [6.07, 6.45) is 4.02. The lowest BCUT2D eigenvalue weighted by molar-refractivity contribution is -0.107. The highest BCUT2D eigenvalue weighted by molar-refractivity contribution is 5.72. The first-order chi connectivity index (χ1) is 17.6. The van der Waals surface area contributed by atoms with E-state index >= 15 is 0 Å². The van der Waals surface area contributed by atoms with E-state index in [0.29, 0.717) is 29.8 Å². The third-order valence-corrected chi connectivity index (χ3v) is 6.27. The fourth-order valence-corrected chi connectivity index (χ4v) is 4.43. The summed E-state index contributed by atoms with van der Waals surface area (Å²) in [5.41, 5.74) is 13.7. The Morgan fingerprint density at radius 1 is 1.03 bits per heavy atom. The van der Waals surface area contributed by atoms with Crippen LogP contribution >= 0.6 is 0 Å². The molecule has 1 heterocycles. The zero-order chi connectivity index (χ0) is 25.5. The Balaban J connectivity index is 0.000000200. The molecule has 184 valence electrons. The number of benzene rings is 3. The number of hydrogen-bond donors (Lipinski definition) is 2. The van der Waals surface area contributed by atoms with Crippen LogP contribution in [-0.2, 0) is 17.6 Å². The second-order valence-electron chi connectivity index (χ2n) is 8.38. The highest BCUT2D eigenvalue weighted by Crippen LogP contribution is 2.41. The fourth-order valence-electron chi connectivity index (χ4n) is 4.43. The topological polar surface area (TPSA) is 99.4 Å². The van der Waals surface area contributed by atoms with Crippen LogP contribution in [0.4, 0.5) is 11.6 Å². The number of aromatic nitrogens is 2. The molecular weight excluding hydrogens is 452 g/mol. The van der Waals surface area contributed by atoms with E-state index < -0.39 is 0 Å². The number of aldehydes is 1. The molecule has 0 spiro atoms. The Hall–Kier alpha value is -4.39. The quantitative estimate of drug-likeness (QED) is 0.377. The average Bonchev–Trinajstić information content (AvgIpc) is 2.93. The summed E-state index contributed by atoms with van der Waals surface area (Å²) in [6.45, 7) is 0. The van der Waals surface area contributed by atoms with Gasteiger partial charge in [0.2, 0.25) is 5.95 Å². The third-order valence-electron chi connectivity index (χ3n) is 6.27. The number of nitrogens with two attached hydrogens (primary N) is 1. The SMILES string of the molecule is CNc1ccc(C2Cc3cnc(N)nc3-c3ccccc32)cc1.COc1ccc(CC=O)cc1OC. The van der Waals surface area contributed by atoms with E-state index in [1.165, 1.54) is 11.1 Å². The summed E-state index contributed by atoms with van der Waals surface area (Å²) in [5, 5.41) is 3.16. The number of methoxy groups -OCH3 is 2. The number of nitrogens with one attached hydrogen (secondary N) is 1. The van der Waals surface area contributed by atoms with Crippen LogP contribution in [0, 0.1) is 0 Å². The lowest BCUT2D eigenvalue weighted by atomic mass is 9.78. The molecule has 7 heteroatoms. The van der Waals surface area contributed by atoms with Gasteiger partial charge in [0, 0.05) is 36.8 Å². The maximum absolute atomic E-state index is 10.3. The highest BCUT2D eigenvalue weighted by Gasteiger charge is 2.27. The smallest absolute Gasteiger partial charge is 0.220 e. The second kappa shape index (κ2) is 11.4. The molecule has 3 N–H and O–H groups in total. The number of fused-ring (bicyclic) bond motifs is 3. The van der Waals surface area contributed by atoms with E-state index in [1.807, 2.05) is 25.4 Å². The van der Waals surface area contributed by atoms with Crippen molar-refractivity contribution >= 4 is 17.9 Å². The van der Waals surface area contributed by atoms with Crippen LogP contribution < -0.4 is 20.5 Å². The van der Waals surface area contributed by atoms with Gasteiger partial charge in [-0.25, -0.2) is 9.97 Å². The van der Waals surface area contributed by atoms with Crippen LogP contribution in [0.25, 0.3) is 11.3 Å². The van der Waals surface area contributed by atoms with Crippen molar-refractivity contribution < 1.29 is 14.3 Å². The van der Waals surface area contributed by atoms with Crippen molar-refractivity contribution in [2.75, 3.05) is 32.3 Å². The number of rotatable bonds is 6. The molecule has 36 heavy (non-hydrogen) atoms. The first-order valence-electron chi connectivity index (χ1n) is 11.7. The summed E-state index contributed by atoms with van der Waals surface area (Å²) in [6, 6.07) is 22.5. The van der Waals surface area contributed by atoms with Gasteiger partial charge in [0.15, 0.2) is 11.5 Å². The van der Waals surface area contributed by atoms with Crippen LogP contribution in [0.1, 0.15) is 28.2 Å². The molecule has 0 fully saturated rings. The predicted molar refractivity (Wildman–Crippen MR) is 143 cm³/mol. The van der Waals surface area contributed by atoms with Crippen molar-refractivity contribution in [1.29, 1.82) is 0 Å². The minimum atomic E-state index is 0.317. The van der Waals surface area contributed by atoms with Gasteiger partial charge < -0.3 is 25.3 Å². The van der Waals surface area contributed by atoms with E-state index in [0.717, 1.165) is 40.8 Å². The fraction of sp³-hybridized carbons (Fsp3) is 0.207. The molecule has 0 saturated carbocycles. The van der Waals surface area contributed by atoms with Crippen LogP contribution in [0.2, 0.25) is 0 Å². The van der Waals surface area contributed by atoms with Crippen molar-refractivity contribution in [1.82, 2.24) is 9.97 Å². The van der Waals surface area contributed by atoms with Crippen LogP contribution in [0.3, 0.4) is 0 Å². The summed E-state index contributed by atoms with van der Waals surface area (Å²) >= 11 is 0. The Kier molecular flexibility index (Phi) is 7.80. The van der Waals surface area contributed by atoms with E-state index in [4.69, 9.17) is 15.2 Å². The molecule has 0 saturated heterocycles. The number of carbonyl (C=O) groups excluding carboxylic acids is 1. The number of anilines is 2. The lowest BCUT2D eigenvalue weighted by Gasteiger charge is -2.27. The normalized spacial score (nSPS) is 13.4. The molecule has 3 aromatic carbocycles. The molecule has 0 amide bonds. The van der Waals surface area contributed by atoms with E-state index in [1.54, 1.807) is 26.4 Å². The summed E-state index contributed by atoms with van der Waals surface area (Å²) < 4.78 is 10.1. The number of carbonyl (C=O) groups is 1. The maximum atomic E-state index is 10.3. The molecule has 4 aromatic rings. The minimum Gasteiger partial charge on any atom is -0.493 e. The zero-order valence-corrected chi connectivity index (χ0v) is 20.7.